The van der Waals surface area contributed by atoms with E-state index in [1.165, 1.54) is 23.1 Å². The molecule has 21 heavy (non-hydrogen) atoms. The van der Waals surface area contributed by atoms with Crippen molar-refractivity contribution in [2.24, 2.45) is 0 Å². The summed E-state index contributed by atoms with van der Waals surface area (Å²) in [4.78, 5) is 14.5. The highest BCUT2D eigenvalue weighted by molar-refractivity contribution is 5.94. The molecule has 2 aliphatic rings. The van der Waals surface area contributed by atoms with Crippen molar-refractivity contribution in [1.82, 2.24) is 4.90 Å². The predicted octanol–water partition coefficient (Wildman–Crippen LogP) is 4.38. The summed E-state index contributed by atoms with van der Waals surface area (Å²) in [5.74, 6) is 0.207. The molecule has 0 aromatic heterocycles. The summed E-state index contributed by atoms with van der Waals surface area (Å²) in [6.45, 7) is 9.92. The number of carbonyl (C=O) groups excluding carboxylic acids is 1. The molecule has 2 heteroatoms. The highest BCUT2D eigenvalue weighted by Crippen LogP contribution is 2.25. The van der Waals surface area contributed by atoms with E-state index in [1.807, 2.05) is 24.8 Å². The third-order valence-electron chi connectivity index (χ3n) is 4.28. The third-order valence-corrected chi connectivity index (χ3v) is 4.28. The highest BCUT2D eigenvalue weighted by Gasteiger charge is 2.20. The van der Waals surface area contributed by atoms with Crippen LogP contribution in [0.15, 0.2) is 30.4 Å². The molecule has 0 N–H and O–H groups in total. The minimum absolute atomic E-state index is 0.207. The number of fused-ring (bicyclic) bond motifs is 1. The number of rotatable bonds is 1. The number of hydrogen-bond acceptors (Lipinski definition) is 1. The normalized spacial score (nSPS) is 17.6. The van der Waals surface area contributed by atoms with Gasteiger partial charge < -0.3 is 4.90 Å². The van der Waals surface area contributed by atoms with Crippen molar-refractivity contribution < 1.29 is 4.79 Å². The Morgan fingerprint density at radius 1 is 1.05 bits per heavy atom. The van der Waals surface area contributed by atoms with E-state index in [-0.39, 0.29) is 5.91 Å². The molecule has 1 heterocycles. The van der Waals surface area contributed by atoms with Crippen molar-refractivity contribution in [3.63, 3.8) is 0 Å². The molecule has 0 bridgehead atoms. The zero-order valence-electron chi connectivity index (χ0n) is 13.5. The van der Waals surface area contributed by atoms with Crippen LogP contribution in [0.5, 0.6) is 0 Å². The van der Waals surface area contributed by atoms with Crippen LogP contribution in [0.25, 0.3) is 0 Å². The number of aryl methyl sites for hydroxylation is 1. The summed E-state index contributed by atoms with van der Waals surface area (Å²) in [7, 11) is 0. The number of carbonyl (C=O) groups is 1. The van der Waals surface area contributed by atoms with Crippen LogP contribution in [0.1, 0.15) is 61.0 Å². The first-order valence-electron chi connectivity index (χ1n) is 8.32. The Labute approximate surface area is 128 Å². The molecular weight excluding hydrogens is 258 g/mol. The van der Waals surface area contributed by atoms with Crippen LogP contribution >= 0.6 is 0 Å². The summed E-state index contributed by atoms with van der Waals surface area (Å²) in [5, 5.41) is 0. The molecular formula is C19H27NO. The lowest BCUT2D eigenvalue weighted by Gasteiger charge is -2.27. The monoisotopic (exact) mass is 285 g/mol. The zero-order chi connectivity index (χ0) is 15.2. The van der Waals surface area contributed by atoms with Gasteiger partial charge in [0.05, 0.1) is 0 Å². The number of amides is 1. The highest BCUT2D eigenvalue weighted by atomic mass is 16.2. The fourth-order valence-corrected chi connectivity index (χ4v) is 3.12. The molecule has 0 radical (unpaired) electrons. The first-order valence-corrected chi connectivity index (χ1v) is 8.32. The Morgan fingerprint density at radius 2 is 1.76 bits per heavy atom. The van der Waals surface area contributed by atoms with Crippen molar-refractivity contribution >= 4 is 5.91 Å². The second kappa shape index (κ2) is 7.44. The van der Waals surface area contributed by atoms with Crippen LogP contribution in [0.4, 0.5) is 0 Å². The van der Waals surface area contributed by atoms with Crippen LogP contribution in [-0.4, -0.2) is 23.9 Å². The molecule has 114 valence electrons. The maximum Gasteiger partial charge on any atom is 0.253 e. The molecule has 3 rings (SSSR count). The maximum atomic E-state index is 12.5. The first-order chi connectivity index (χ1) is 10.2. The summed E-state index contributed by atoms with van der Waals surface area (Å²) < 4.78 is 0. The largest absolute Gasteiger partial charge is 0.339 e. The lowest BCUT2D eigenvalue weighted by Crippen LogP contribution is -2.35. The van der Waals surface area contributed by atoms with E-state index in [9.17, 15) is 4.79 Å². The quantitative estimate of drug-likeness (QED) is 0.701. The number of allylic oxidation sites excluding steroid dienone is 1. The summed E-state index contributed by atoms with van der Waals surface area (Å²) in [6.07, 6.45) is 6.66. The SMILES string of the molecule is C=C1CCc2ccc(C(=O)N3CCCCC3)cc2C1.CC. The Morgan fingerprint density at radius 3 is 2.48 bits per heavy atom. The van der Waals surface area contributed by atoms with Crippen molar-refractivity contribution in [1.29, 1.82) is 0 Å². The number of hydrogen-bond donors (Lipinski definition) is 0. The minimum Gasteiger partial charge on any atom is -0.339 e. The van der Waals surface area contributed by atoms with Gasteiger partial charge in [0.1, 0.15) is 0 Å². The van der Waals surface area contributed by atoms with Crippen molar-refractivity contribution in [2.45, 2.75) is 52.4 Å². The zero-order valence-corrected chi connectivity index (χ0v) is 13.5. The van der Waals surface area contributed by atoms with Crippen molar-refractivity contribution in [3.8, 4) is 0 Å². The first kappa shape index (κ1) is 15.8. The van der Waals surface area contributed by atoms with E-state index in [1.54, 1.807) is 0 Å². The van der Waals surface area contributed by atoms with Crippen LogP contribution in [0, 0.1) is 0 Å². The second-order valence-corrected chi connectivity index (χ2v) is 5.76. The van der Waals surface area contributed by atoms with Crippen LogP contribution < -0.4 is 0 Å². The van der Waals surface area contributed by atoms with Gasteiger partial charge in [0.25, 0.3) is 5.91 Å². The number of benzene rings is 1. The maximum absolute atomic E-state index is 12.5. The van der Waals surface area contributed by atoms with E-state index in [4.69, 9.17) is 0 Å². The third kappa shape index (κ3) is 3.75. The molecule has 1 aromatic rings. The lowest BCUT2D eigenvalue weighted by atomic mass is 9.87. The predicted molar refractivity (Wildman–Crippen MR) is 88.7 cm³/mol. The summed E-state index contributed by atoms with van der Waals surface area (Å²) in [5.41, 5.74) is 4.84. The smallest absolute Gasteiger partial charge is 0.253 e. The number of piperidine rings is 1. The molecule has 2 nitrogen and oxygen atoms in total. The van der Waals surface area contributed by atoms with Gasteiger partial charge in [-0.2, -0.15) is 0 Å². The molecule has 0 saturated carbocycles. The van der Waals surface area contributed by atoms with Gasteiger partial charge in [0.2, 0.25) is 0 Å². The fourth-order valence-electron chi connectivity index (χ4n) is 3.12. The van der Waals surface area contributed by atoms with E-state index in [2.05, 4.69) is 18.7 Å². The molecule has 0 unspecified atom stereocenters. The van der Waals surface area contributed by atoms with E-state index >= 15 is 0 Å². The average Bonchev–Trinajstić information content (AvgIpc) is 2.56. The summed E-state index contributed by atoms with van der Waals surface area (Å²) >= 11 is 0. The average molecular weight is 285 g/mol. The Balaban J connectivity index is 0.000000774. The van der Waals surface area contributed by atoms with Gasteiger partial charge >= 0.3 is 0 Å². The van der Waals surface area contributed by atoms with Crippen molar-refractivity contribution in [3.05, 3.63) is 47.0 Å². The molecule has 1 amide bonds. The van der Waals surface area contributed by atoms with Crippen molar-refractivity contribution in [2.75, 3.05) is 13.1 Å². The van der Waals surface area contributed by atoms with E-state index in [0.29, 0.717) is 0 Å². The molecule has 1 saturated heterocycles. The minimum atomic E-state index is 0.207. The Hall–Kier alpha value is -1.57. The van der Waals surface area contributed by atoms with Gasteiger partial charge in [-0.3, -0.25) is 4.79 Å². The molecule has 1 fully saturated rings. The van der Waals surface area contributed by atoms with Crippen LogP contribution in [0.3, 0.4) is 0 Å². The fraction of sp³-hybridized carbons (Fsp3) is 0.526. The van der Waals surface area contributed by atoms with Crippen LogP contribution in [-0.2, 0) is 12.8 Å². The number of nitrogens with zero attached hydrogens (tertiary/aromatic N) is 1. The molecule has 0 spiro atoms. The van der Waals surface area contributed by atoms with Crippen LogP contribution in [0.2, 0.25) is 0 Å². The molecule has 1 aliphatic carbocycles. The van der Waals surface area contributed by atoms with Gasteiger partial charge in [0, 0.05) is 18.7 Å². The standard InChI is InChI=1S/C17H21NO.C2H6/c1-13-5-6-14-7-8-15(12-16(14)11-13)17(19)18-9-3-2-4-10-18;1-2/h7-8,12H,1-6,9-11H2;1-2H3. The van der Waals surface area contributed by atoms with Gasteiger partial charge in [-0.05, 0) is 61.8 Å². The summed E-state index contributed by atoms with van der Waals surface area (Å²) in [6, 6.07) is 6.24. The molecule has 1 aromatic carbocycles. The van der Waals surface area contributed by atoms with E-state index < -0.39 is 0 Å². The van der Waals surface area contributed by atoms with Gasteiger partial charge in [-0.25, -0.2) is 0 Å². The second-order valence-electron chi connectivity index (χ2n) is 5.76. The topological polar surface area (TPSA) is 20.3 Å². The van der Waals surface area contributed by atoms with Gasteiger partial charge in [0.15, 0.2) is 0 Å². The Bertz CT molecular complexity index is 512. The van der Waals surface area contributed by atoms with Gasteiger partial charge in [-0.1, -0.05) is 32.1 Å². The lowest BCUT2D eigenvalue weighted by molar-refractivity contribution is 0.0724. The Kier molecular flexibility index (Phi) is 5.60. The molecule has 1 aliphatic heterocycles. The van der Waals surface area contributed by atoms with Gasteiger partial charge in [-0.15, -0.1) is 0 Å². The van der Waals surface area contributed by atoms with E-state index in [0.717, 1.165) is 50.8 Å². The molecule has 0 atom stereocenters. The number of likely N-dealkylation sites (tertiary alicyclic amines) is 1.